The van der Waals surface area contributed by atoms with Crippen molar-refractivity contribution >= 4 is 11.6 Å². The van der Waals surface area contributed by atoms with Gasteiger partial charge in [-0.3, -0.25) is 4.90 Å². The molecule has 0 aromatic heterocycles. The Balaban J connectivity index is 1.43. The highest BCUT2D eigenvalue weighted by Crippen LogP contribution is 2.36. The Kier molecular flexibility index (Phi) is 6.17. The molecule has 0 bridgehead atoms. The van der Waals surface area contributed by atoms with E-state index in [-0.39, 0.29) is 5.41 Å². The molecule has 0 N–H and O–H groups in total. The van der Waals surface area contributed by atoms with Crippen LogP contribution in [0.5, 0.6) is 5.75 Å². The van der Waals surface area contributed by atoms with Gasteiger partial charge in [0, 0.05) is 29.6 Å². The maximum absolute atomic E-state index is 6.28. The molecular formula is C27H30ClNO. The molecule has 3 heteroatoms. The third-order valence-corrected chi connectivity index (χ3v) is 6.04. The molecular weight excluding hydrogens is 390 g/mol. The second kappa shape index (κ2) is 8.83. The van der Waals surface area contributed by atoms with Crippen molar-refractivity contribution < 1.29 is 4.74 Å². The van der Waals surface area contributed by atoms with E-state index in [0.717, 1.165) is 36.0 Å². The number of hydrogen-bond donors (Lipinski definition) is 0. The minimum Gasteiger partial charge on any atom is -0.493 e. The molecule has 1 saturated heterocycles. The number of ether oxygens (including phenoxy) is 1. The molecule has 0 radical (unpaired) electrons. The van der Waals surface area contributed by atoms with Crippen LogP contribution in [-0.2, 0) is 5.41 Å². The maximum Gasteiger partial charge on any atom is 0.123 e. The van der Waals surface area contributed by atoms with Gasteiger partial charge in [0.05, 0.1) is 12.6 Å². The smallest absolute Gasteiger partial charge is 0.123 e. The topological polar surface area (TPSA) is 12.5 Å². The summed E-state index contributed by atoms with van der Waals surface area (Å²) < 4.78 is 6.28. The van der Waals surface area contributed by atoms with Crippen LogP contribution in [0.4, 0.5) is 0 Å². The van der Waals surface area contributed by atoms with Gasteiger partial charge in [-0.05, 0) is 34.7 Å². The molecule has 1 heterocycles. The maximum atomic E-state index is 6.28. The van der Waals surface area contributed by atoms with E-state index >= 15 is 0 Å². The summed E-state index contributed by atoms with van der Waals surface area (Å²) in [5.74, 6) is 1.48. The molecule has 1 fully saturated rings. The van der Waals surface area contributed by atoms with Gasteiger partial charge in [-0.2, -0.15) is 0 Å². The highest BCUT2D eigenvalue weighted by molar-refractivity contribution is 6.30. The minimum absolute atomic E-state index is 0.00238. The van der Waals surface area contributed by atoms with Gasteiger partial charge in [0.15, 0.2) is 0 Å². The fourth-order valence-electron chi connectivity index (χ4n) is 4.23. The van der Waals surface area contributed by atoms with Crippen LogP contribution in [0.3, 0.4) is 0 Å². The van der Waals surface area contributed by atoms with Crippen LogP contribution in [-0.4, -0.2) is 24.6 Å². The fraction of sp³-hybridized carbons (Fsp3) is 0.333. The second-order valence-electron chi connectivity index (χ2n) is 9.25. The van der Waals surface area contributed by atoms with Crippen molar-refractivity contribution in [2.45, 2.75) is 32.2 Å². The molecule has 0 aliphatic carbocycles. The summed E-state index contributed by atoms with van der Waals surface area (Å²) in [6.45, 7) is 9.39. The van der Waals surface area contributed by atoms with Crippen LogP contribution in [0.2, 0.25) is 5.02 Å². The third-order valence-electron chi connectivity index (χ3n) is 5.81. The summed E-state index contributed by atoms with van der Waals surface area (Å²) in [4.78, 5) is 2.55. The number of hydrogen-bond acceptors (Lipinski definition) is 2. The van der Waals surface area contributed by atoms with E-state index in [4.69, 9.17) is 16.3 Å². The van der Waals surface area contributed by atoms with Gasteiger partial charge in [0.1, 0.15) is 5.75 Å². The first-order valence-electron chi connectivity index (χ1n) is 10.7. The van der Waals surface area contributed by atoms with Crippen molar-refractivity contribution in [1.82, 2.24) is 4.90 Å². The van der Waals surface area contributed by atoms with E-state index in [1.807, 2.05) is 18.2 Å². The Bertz CT molecular complexity index is 920. The van der Waals surface area contributed by atoms with E-state index in [1.54, 1.807) is 0 Å². The Hall–Kier alpha value is -2.29. The standard InChI is InChI=1S/C27H30ClNO/c1-27(2,3)24-16-23(28)14-15-25(24)30-19-20-17-29(18-20)26(21-10-6-4-7-11-21)22-12-8-5-9-13-22/h4-16,20,26H,17-19H2,1-3H3. The van der Waals surface area contributed by atoms with Crippen molar-refractivity contribution in [2.75, 3.05) is 19.7 Å². The molecule has 0 amide bonds. The van der Waals surface area contributed by atoms with Gasteiger partial charge in [-0.25, -0.2) is 0 Å². The predicted molar refractivity (Wildman–Crippen MR) is 125 cm³/mol. The van der Waals surface area contributed by atoms with E-state index in [2.05, 4.69) is 86.3 Å². The zero-order valence-corrected chi connectivity index (χ0v) is 18.8. The number of likely N-dealkylation sites (tertiary alicyclic amines) is 1. The lowest BCUT2D eigenvalue weighted by atomic mass is 9.86. The van der Waals surface area contributed by atoms with E-state index < -0.39 is 0 Å². The molecule has 2 nitrogen and oxygen atoms in total. The van der Waals surface area contributed by atoms with E-state index in [9.17, 15) is 0 Å². The SMILES string of the molecule is CC(C)(C)c1cc(Cl)ccc1OCC1CN(C(c2ccccc2)c2ccccc2)C1. The number of nitrogens with zero attached hydrogens (tertiary/aromatic N) is 1. The lowest BCUT2D eigenvalue weighted by molar-refractivity contribution is 0.0374. The monoisotopic (exact) mass is 419 g/mol. The fourth-order valence-corrected chi connectivity index (χ4v) is 4.40. The van der Waals surface area contributed by atoms with Crippen LogP contribution in [0.1, 0.15) is 43.5 Å². The minimum atomic E-state index is -0.00238. The molecule has 1 aliphatic heterocycles. The van der Waals surface area contributed by atoms with Gasteiger partial charge in [0.25, 0.3) is 0 Å². The summed E-state index contributed by atoms with van der Waals surface area (Å²) >= 11 is 6.23. The van der Waals surface area contributed by atoms with Crippen molar-refractivity contribution in [3.63, 3.8) is 0 Å². The summed E-state index contributed by atoms with van der Waals surface area (Å²) in [5.41, 5.74) is 3.85. The van der Waals surface area contributed by atoms with Gasteiger partial charge >= 0.3 is 0 Å². The molecule has 3 aromatic rings. The van der Waals surface area contributed by atoms with Crippen LogP contribution in [0, 0.1) is 5.92 Å². The highest BCUT2D eigenvalue weighted by Gasteiger charge is 2.34. The Morgan fingerprint density at radius 2 is 1.47 bits per heavy atom. The average Bonchev–Trinajstić information content (AvgIpc) is 2.71. The summed E-state index contributed by atoms with van der Waals surface area (Å²) in [5, 5.41) is 0.760. The predicted octanol–water partition coefficient (Wildman–Crippen LogP) is 6.74. The molecule has 4 rings (SSSR count). The largest absolute Gasteiger partial charge is 0.493 e. The van der Waals surface area contributed by atoms with Gasteiger partial charge < -0.3 is 4.74 Å². The number of benzene rings is 3. The zero-order chi connectivity index (χ0) is 21.1. The van der Waals surface area contributed by atoms with E-state index in [0.29, 0.717) is 12.0 Å². The summed E-state index contributed by atoms with van der Waals surface area (Å²) in [6.07, 6.45) is 0. The van der Waals surface area contributed by atoms with Crippen LogP contribution >= 0.6 is 11.6 Å². The molecule has 0 saturated carbocycles. The second-order valence-corrected chi connectivity index (χ2v) is 9.68. The average molecular weight is 420 g/mol. The lowest BCUT2D eigenvalue weighted by Crippen LogP contribution is -2.51. The molecule has 3 aromatic carbocycles. The van der Waals surface area contributed by atoms with Gasteiger partial charge in [-0.15, -0.1) is 0 Å². The van der Waals surface area contributed by atoms with E-state index in [1.165, 1.54) is 11.1 Å². The first-order valence-corrected chi connectivity index (χ1v) is 11.1. The molecule has 0 atom stereocenters. The molecule has 156 valence electrons. The number of rotatable bonds is 6. The third kappa shape index (κ3) is 4.71. The van der Waals surface area contributed by atoms with Gasteiger partial charge in [0.2, 0.25) is 0 Å². The van der Waals surface area contributed by atoms with Gasteiger partial charge in [-0.1, -0.05) is 93.0 Å². The number of halogens is 1. The normalized spacial score (nSPS) is 15.2. The first kappa shape index (κ1) is 21.0. The summed E-state index contributed by atoms with van der Waals surface area (Å²) in [7, 11) is 0. The zero-order valence-electron chi connectivity index (χ0n) is 18.0. The van der Waals surface area contributed by atoms with Crippen molar-refractivity contribution in [3.05, 3.63) is 101 Å². The Labute approximate surface area is 185 Å². The van der Waals surface area contributed by atoms with Crippen molar-refractivity contribution in [2.24, 2.45) is 5.92 Å². The first-order chi connectivity index (χ1) is 14.4. The van der Waals surface area contributed by atoms with Crippen molar-refractivity contribution in [1.29, 1.82) is 0 Å². The summed E-state index contributed by atoms with van der Waals surface area (Å²) in [6, 6.07) is 27.8. The van der Waals surface area contributed by atoms with Crippen LogP contribution in [0.25, 0.3) is 0 Å². The van der Waals surface area contributed by atoms with Crippen molar-refractivity contribution in [3.8, 4) is 5.75 Å². The Morgan fingerprint density at radius 3 is 2.00 bits per heavy atom. The lowest BCUT2D eigenvalue weighted by Gasteiger charge is -2.44. The Morgan fingerprint density at radius 1 is 0.900 bits per heavy atom. The van der Waals surface area contributed by atoms with Crippen LogP contribution < -0.4 is 4.74 Å². The van der Waals surface area contributed by atoms with Crippen LogP contribution in [0.15, 0.2) is 78.9 Å². The molecule has 0 spiro atoms. The molecule has 1 aliphatic rings. The highest BCUT2D eigenvalue weighted by atomic mass is 35.5. The quantitative estimate of drug-likeness (QED) is 0.438. The molecule has 30 heavy (non-hydrogen) atoms. The molecule has 0 unspecified atom stereocenters.